The molecule has 1 aliphatic rings. The maximum absolute atomic E-state index is 12.4. The summed E-state index contributed by atoms with van der Waals surface area (Å²) >= 11 is 0. The van der Waals surface area contributed by atoms with Crippen LogP contribution in [0.4, 0.5) is 15.3 Å². The van der Waals surface area contributed by atoms with Crippen molar-refractivity contribution in [2.75, 3.05) is 12.0 Å². The fourth-order valence-corrected chi connectivity index (χ4v) is 3.55. The molecular formula is C21H22N2O7. The molecule has 0 saturated carbocycles. The summed E-state index contributed by atoms with van der Waals surface area (Å²) < 4.78 is 10.4. The SMILES string of the molecule is COc1cc2c(cc1C(=O)O)N(C(=O)O)C(C)CC2NC(=O)OCc1ccccc1. The highest BCUT2D eigenvalue weighted by Crippen LogP contribution is 2.41. The Bertz CT molecular complexity index is 961. The van der Waals surface area contributed by atoms with Crippen LogP contribution >= 0.6 is 0 Å². The number of methoxy groups -OCH3 is 1. The maximum atomic E-state index is 12.4. The van der Waals surface area contributed by atoms with Gasteiger partial charge in [-0.1, -0.05) is 30.3 Å². The van der Waals surface area contributed by atoms with Gasteiger partial charge in [0.1, 0.15) is 17.9 Å². The van der Waals surface area contributed by atoms with Crippen molar-refractivity contribution >= 4 is 23.8 Å². The number of carboxylic acid groups (broad SMARTS) is 2. The van der Waals surface area contributed by atoms with Crippen LogP contribution < -0.4 is 15.0 Å². The zero-order valence-electron chi connectivity index (χ0n) is 16.5. The molecule has 2 aromatic rings. The fraction of sp³-hybridized carbons (Fsp3) is 0.286. The summed E-state index contributed by atoms with van der Waals surface area (Å²) in [6.45, 7) is 1.77. The number of anilines is 1. The summed E-state index contributed by atoms with van der Waals surface area (Å²) in [5.41, 5.74) is 1.29. The van der Waals surface area contributed by atoms with Gasteiger partial charge in [0.2, 0.25) is 0 Å². The van der Waals surface area contributed by atoms with E-state index >= 15 is 0 Å². The molecule has 2 unspecified atom stereocenters. The molecule has 0 radical (unpaired) electrons. The van der Waals surface area contributed by atoms with Gasteiger partial charge < -0.3 is 25.0 Å². The van der Waals surface area contributed by atoms with Gasteiger partial charge in [0.05, 0.1) is 18.8 Å². The molecule has 0 aliphatic carbocycles. The number of hydrogen-bond donors (Lipinski definition) is 3. The molecule has 158 valence electrons. The Morgan fingerprint density at radius 1 is 1.17 bits per heavy atom. The maximum Gasteiger partial charge on any atom is 0.412 e. The molecule has 0 fully saturated rings. The largest absolute Gasteiger partial charge is 0.496 e. The second-order valence-electron chi connectivity index (χ2n) is 6.91. The molecule has 0 aromatic heterocycles. The zero-order chi connectivity index (χ0) is 21.8. The predicted molar refractivity (Wildman–Crippen MR) is 107 cm³/mol. The van der Waals surface area contributed by atoms with Crippen molar-refractivity contribution in [3.8, 4) is 5.75 Å². The van der Waals surface area contributed by atoms with Gasteiger partial charge >= 0.3 is 18.2 Å². The van der Waals surface area contributed by atoms with E-state index in [1.54, 1.807) is 6.92 Å². The third-order valence-electron chi connectivity index (χ3n) is 4.94. The number of aromatic carboxylic acids is 1. The van der Waals surface area contributed by atoms with Crippen molar-refractivity contribution in [1.82, 2.24) is 5.32 Å². The third kappa shape index (κ3) is 4.29. The number of nitrogens with one attached hydrogen (secondary N) is 1. The number of fused-ring (bicyclic) bond motifs is 1. The van der Waals surface area contributed by atoms with Crippen molar-refractivity contribution < 1.29 is 34.1 Å². The van der Waals surface area contributed by atoms with Crippen molar-refractivity contribution in [2.24, 2.45) is 0 Å². The number of ether oxygens (including phenoxy) is 2. The average molecular weight is 414 g/mol. The summed E-state index contributed by atoms with van der Waals surface area (Å²) in [5, 5.41) is 21.8. The van der Waals surface area contributed by atoms with E-state index in [0.717, 1.165) is 10.5 Å². The Kier molecular flexibility index (Phi) is 6.10. The predicted octanol–water partition coefficient (Wildman–Crippen LogP) is 3.64. The first kappa shape index (κ1) is 21.0. The van der Waals surface area contributed by atoms with E-state index in [4.69, 9.17) is 9.47 Å². The summed E-state index contributed by atoms with van der Waals surface area (Å²) in [7, 11) is 1.32. The van der Waals surface area contributed by atoms with Gasteiger partial charge in [0, 0.05) is 11.6 Å². The van der Waals surface area contributed by atoms with Gasteiger partial charge in [-0.3, -0.25) is 4.90 Å². The molecule has 3 N–H and O–H groups in total. The first-order chi connectivity index (χ1) is 14.3. The van der Waals surface area contributed by atoms with E-state index < -0.39 is 30.2 Å². The molecular weight excluding hydrogens is 392 g/mol. The second-order valence-corrected chi connectivity index (χ2v) is 6.91. The number of hydrogen-bond acceptors (Lipinski definition) is 5. The van der Waals surface area contributed by atoms with E-state index in [1.807, 2.05) is 30.3 Å². The van der Waals surface area contributed by atoms with Crippen LogP contribution in [0.3, 0.4) is 0 Å². The van der Waals surface area contributed by atoms with Crippen molar-refractivity contribution in [1.29, 1.82) is 0 Å². The molecule has 9 nitrogen and oxygen atoms in total. The highest BCUT2D eigenvalue weighted by Gasteiger charge is 2.36. The Morgan fingerprint density at radius 3 is 2.47 bits per heavy atom. The van der Waals surface area contributed by atoms with Crippen LogP contribution in [0.2, 0.25) is 0 Å². The second kappa shape index (κ2) is 8.73. The first-order valence-electron chi connectivity index (χ1n) is 9.26. The number of rotatable bonds is 5. The highest BCUT2D eigenvalue weighted by molar-refractivity contribution is 5.96. The Balaban J connectivity index is 1.89. The van der Waals surface area contributed by atoms with E-state index in [1.165, 1.54) is 19.2 Å². The molecule has 3 rings (SSSR count). The lowest BCUT2D eigenvalue weighted by atomic mass is 9.90. The van der Waals surface area contributed by atoms with Gasteiger partial charge in [-0.25, -0.2) is 14.4 Å². The van der Waals surface area contributed by atoms with Crippen molar-refractivity contribution in [2.45, 2.75) is 32.0 Å². The van der Waals surface area contributed by atoms with Gasteiger partial charge in [-0.2, -0.15) is 0 Å². The highest BCUT2D eigenvalue weighted by atomic mass is 16.5. The van der Waals surface area contributed by atoms with Crippen LogP contribution in [0.1, 0.15) is 40.9 Å². The molecule has 1 aliphatic heterocycles. The van der Waals surface area contributed by atoms with Crippen LogP contribution in [0.25, 0.3) is 0 Å². The molecule has 2 amide bonds. The summed E-state index contributed by atoms with van der Waals surface area (Å²) in [6.07, 6.45) is -1.59. The summed E-state index contributed by atoms with van der Waals surface area (Å²) in [5.74, 6) is -1.17. The topological polar surface area (TPSA) is 125 Å². The number of benzene rings is 2. The number of carbonyl (C=O) groups is 3. The Hall–Kier alpha value is -3.75. The Morgan fingerprint density at radius 2 is 1.87 bits per heavy atom. The van der Waals surface area contributed by atoms with Crippen LogP contribution in [0.15, 0.2) is 42.5 Å². The number of nitrogens with zero attached hydrogens (tertiary/aromatic N) is 1. The number of alkyl carbamates (subject to hydrolysis) is 1. The number of carbonyl (C=O) groups excluding carboxylic acids is 1. The minimum absolute atomic E-state index is 0.0746. The smallest absolute Gasteiger partial charge is 0.412 e. The molecule has 0 spiro atoms. The van der Waals surface area contributed by atoms with E-state index in [0.29, 0.717) is 5.56 Å². The van der Waals surface area contributed by atoms with Crippen LogP contribution in [-0.2, 0) is 11.3 Å². The number of amides is 2. The molecule has 9 heteroatoms. The van der Waals surface area contributed by atoms with Gasteiger partial charge in [0.25, 0.3) is 0 Å². The first-order valence-corrected chi connectivity index (χ1v) is 9.26. The summed E-state index contributed by atoms with van der Waals surface area (Å²) in [6, 6.07) is 10.8. The standard InChI is InChI=1S/C21H22N2O7/c1-12-8-16(22-20(26)30-11-13-6-4-3-5-7-13)14-10-18(29-2)15(19(24)25)9-17(14)23(12)21(27)28/h3-7,9-10,12,16H,8,11H2,1-2H3,(H,22,26)(H,24,25)(H,27,28). The molecule has 2 aromatic carbocycles. The van der Waals surface area contributed by atoms with E-state index in [2.05, 4.69) is 5.32 Å². The average Bonchev–Trinajstić information content (AvgIpc) is 2.71. The molecule has 0 saturated heterocycles. The van der Waals surface area contributed by atoms with Crippen LogP contribution in [0.5, 0.6) is 5.75 Å². The zero-order valence-corrected chi connectivity index (χ0v) is 16.5. The number of carboxylic acids is 1. The quantitative estimate of drug-likeness (QED) is 0.682. The lowest BCUT2D eigenvalue weighted by molar-refractivity contribution is 0.0692. The molecule has 30 heavy (non-hydrogen) atoms. The molecule has 1 heterocycles. The van der Waals surface area contributed by atoms with Gasteiger partial charge in [-0.05, 0) is 31.0 Å². The van der Waals surface area contributed by atoms with E-state index in [9.17, 15) is 24.6 Å². The third-order valence-corrected chi connectivity index (χ3v) is 4.94. The lowest BCUT2D eigenvalue weighted by Crippen LogP contribution is -2.46. The summed E-state index contributed by atoms with van der Waals surface area (Å²) in [4.78, 5) is 36.8. The van der Waals surface area contributed by atoms with Crippen LogP contribution in [0, 0.1) is 0 Å². The fourth-order valence-electron chi connectivity index (χ4n) is 3.55. The van der Waals surface area contributed by atoms with E-state index in [-0.39, 0.29) is 30.0 Å². The minimum Gasteiger partial charge on any atom is -0.496 e. The Labute approximate surface area is 172 Å². The van der Waals surface area contributed by atoms with Gasteiger partial charge in [0.15, 0.2) is 0 Å². The molecule has 0 bridgehead atoms. The van der Waals surface area contributed by atoms with Crippen molar-refractivity contribution in [3.05, 3.63) is 59.2 Å². The monoisotopic (exact) mass is 414 g/mol. The van der Waals surface area contributed by atoms with Crippen molar-refractivity contribution in [3.63, 3.8) is 0 Å². The van der Waals surface area contributed by atoms with Crippen LogP contribution in [-0.4, -0.2) is 41.5 Å². The lowest BCUT2D eigenvalue weighted by Gasteiger charge is -2.38. The molecule has 2 atom stereocenters. The van der Waals surface area contributed by atoms with Gasteiger partial charge in [-0.15, -0.1) is 0 Å². The normalized spacial score (nSPS) is 17.6. The minimum atomic E-state index is -1.25.